The third-order valence-electron chi connectivity index (χ3n) is 2.72. The Kier molecular flexibility index (Phi) is 4.86. The average Bonchev–Trinajstić information content (AvgIpc) is 2.36. The van der Waals surface area contributed by atoms with Gasteiger partial charge < -0.3 is 11.1 Å². The monoisotopic (exact) mass is 346 g/mol. The Bertz CT molecular complexity index is 462. The van der Waals surface area contributed by atoms with Crippen LogP contribution in [0, 0.1) is 6.92 Å². The minimum atomic E-state index is 0.0300. The third-order valence-corrected chi connectivity index (χ3v) is 5.93. The van der Waals surface area contributed by atoms with Crippen LogP contribution < -0.4 is 11.1 Å². The number of amides is 1. The molecule has 1 heterocycles. The van der Waals surface area contributed by atoms with Gasteiger partial charge in [-0.25, -0.2) is 0 Å². The largest absolute Gasteiger partial charge is 0.397 e. The number of nitrogen functional groups attached to an aromatic ring is 1. The number of carbonyl (C=O) groups excluding carboxylic acids is 1. The number of anilines is 2. The van der Waals surface area contributed by atoms with E-state index >= 15 is 0 Å². The first-order valence-electron chi connectivity index (χ1n) is 5.64. The smallest absolute Gasteiger partial charge is 0.238 e. The van der Waals surface area contributed by atoms with Crippen molar-refractivity contribution < 1.29 is 4.79 Å². The second-order valence-corrected chi connectivity index (χ2v) is 7.48. The second kappa shape index (κ2) is 6.21. The summed E-state index contributed by atoms with van der Waals surface area (Å²) in [5.74, 6) is 3.10. The molecular weight excluding hydrogens is 332 g/mol. The predicted molar refractivity (Wildman–Crippen MR) is 85.5 cm³/mol. The fraction of sp³-hybridized carbons (Fsp3) is 0.417. The molecule has 0 aliphatic carbocycles. The molecule has 0 aromatic heterocycles. The number of aryl methyl sites for hydroxylation is 1. The minimum absolute atomic E-state index is 0.0300. The summed E-state index contributed by atoms with van der Waals surface area (Å²) < 4.78 is 0.926. The lowest BCUT2D eigenvalue weighted by molar-refractivity contribution is -0.115. The van der Waals surface area contributed by atoms with Crippen molar-refractivity contribution in [3.8, 4) is 0 Å². The lowest BCUT2D eigenvalue weighted by Gasteiger charge is -2.21. The third kappa shape index (κ3) is 3.36. The summed E-state index contributed by atoms with van der Waals surface area (Å²) in [4.78, 5) is 12.1. The van der Waals surface area contributed by atoms with Crippen molar-refractivity contribution in [1.29, 1.82) is 0 Å². The standard InChI is InChI=1S/C12H15BrN2OS2/c1-7-4-8(13)5-9(11(7)14)15-12(16)10-6-17-2-3-18-10/h4-5,10H,2-3,6,14H2,1H3,(H,15,16). The van der Waals surface area contributed by atoms with Crippen LogP contribution in [-0.2, 0) is 4.79 Å². The summed E-state index contributed by atoms with van der Waals surface area (Å²) in [6.07, 6.45) is 0. The molecule has 3 N–H and O–H groups in total. The van der Waals surface area contributed by atoms with E-state index in [-0.39, 0.29) is 11.2 Å². The summed E-state index contributed by atoms with van der Waals surface area (Å²) >= 11 is 6.97. The van der Waals surface area contributed by atoms with E-state index in [9.17, 15) is 4.79 Å². The lowest BCUT2D eigenvalue weighted by Crippen LogP contribution is -2.30. The van der Waals surface area contributed by atoms with Gasteiger partial charge in [0.2, 0.25) is 5.91 Å². The molecule has 6 heteroatoms. The zero-order valence-electron chi connectivity index (χ0n) is 10.0. The first-order valence-corrected chi connectivity index (χ1v) is 8.63. The van der Waals surface area contributed by atoms with Gasteiger partial charge in [0.25, 0.3) is 0 Å². The average molecular weight is 347 g/mol. The van der Waals surface area contributed by atoms with E-state index in [1.165, 1.54) is 0 Å². The molecule has 1 aromatic carbocycles. The maximum Gasteiger partial charge on any atom is 0.238 e. The molecule has 18 heavy (non-hydrogen) atoms. The highest BCUT2D eigenvalue weighted by Gasteiger charge is 2.22. The Labute approximate surface area is 124 Å². The zero-order chi connectivity index (χ0) is 13.1. The van der Waals surface area contributed by atoms with E-state index in [0.29, 0.717) is 11.4 Å². The molecule has 98 valence electrons. The van der Waals surface area contributed by atoms with Crippen LogP contribution in [0.15, 0.2) is 16.6 Å². The number of nitrogens with two attached hydrogens (primary N) is 1. The number of nitrogens with one attached hydrogen (secondary N) is 1. The van der Waals surface area contributed by atoms with Gasteiger partial charge >= 0.3 is 0 Å². The Morgan fingerprint density at radius 1 is 1.50 bits per heavy atom. The van der Waals surface area contributed by atoms with Crippen LogP contribution in [0.1, 0.15) is 5.56 Å². The number of benzene rings is 1. The maximum atomic E-state index is 12.1. The van der Waals surface area contributed by atoms with E-state index in [0.717, 1.165) is 27.3 Å². The van der Waals surface area contributed by atoms with Crippen molar-refractivity contribution in [3.05, 3.63) is 22.2 Å². The van der Waals surface area contributed by atoms with E-state index in [1.54, 1.807) is 11.8 Å². The van der Waals surface area contributed by atoms with Gasteiger partial charge in [0.05, 0.1) is 16.6 Å². The van der Waals surface area contributed by atoms with Crippen molar-refractivity contribution in [2.75, 3.05) is 28.3 Å². The van der Waals surface area contributed by atoms with E-state index in [1.807, 2.05) is 30.8 Å². The van der Waals surface area contributed by atoms with E-state index in [2.05, 4.69) is 21.2 Å². The van der Waals surface area contributed by atoms with Crippen LogP contribution >= 0.6 is 39.5 Å². The molecule has 3 nitrogen and oxygen atoms in total. The van der Waals surface area contributed by atoms with Gasteiger partial charge in [-0.1, -0.05) is 15.9 Å². The normalized spacial score (nSPS) is 19.6. The van der Waals surface area contributed by atoms with Crippen molar-refractivity contribution in [2.24, 2.45) is 0 Å². The van der Waals surface area contributed by atoms with Crippen LogP contribution in [0.2, 0.25) is 0 Å². The molecular formula is C12H15BrN2OS2. The summed E-state index contributed by atoms with van der Waals surface area (Å²) in [6.45, 7) is 1.93. The van der Waals surface area contributed by atoms with Gasteiger partial charge in [0, 0.05) is 21.7 Å². The van der Waals surface area contributed by atoms with Crippen LogP contribution in [0.4, 0.5) is 11.4 Å². The van der Waals surface area contributed by atoms with Crippen molar-refractivity contribution in [3.63, 3.8) is 0 Å². The molecule has 0 radical (unpaired) electrons. The molecule has 1 aliphatic rings. The Morgan fingerprint density at radius 2 is 2.28 bits per heavy atom. The molecule has 2 rings (SSSR count). The van der Waals surface area contributed by atoms with Crippen LogP contribution in [0.3, 0.4) is 0 Å². The van der Waals surface area contributed by atoms with Crippen molar-refractivity contribution >= 4 is 56.7 Å². The molecule has 0 bridgehead atoms. The summed E-state index contributed by atoms with van der Waals surface area (Å²) in [5, 5.41) is 2.96. The highest BCUT2D eigenvalue weighted by atomic mass is 79.9. The molecule has 0 saturated carbocycles. The minimum Gasteiger partial charge on any atom is -0.397 e. The molecule has 0 spiro atoms. The Morgan fingerprint density at radius 3 is 2.94 bits per heavy atom. The molecule has 1 fully saturated rings. The number of hydrogen-bond donors (Lipinski definition) is 2. The fourth-order valence-corrected chi connectivity index (χ4v) is 4.84. The zero-order valence-corrected chi connectivity index (χ0v) is 13.3. The lowest BCUT2D eigenvalue weighted by atomic mass is 10.1. The highest BCUT2D eigenvalue weighted by Crippen LogP contribution is 2.30. The van der Waals surface area contributed by atoms with Crippen LogP contribution in [0.25, 0.3) is 0 Å². The number of thioether (sulfide) groups is 2. The highest BCUT2D eigenvalue weighted by molar-refractivity contribution is 9.10. The quantitative estimate of drug-likeness (QED) is 0.807. The second-order valence-electron chi connectivity index (χ2n) is 4.11. The molecule has 1 saturated heterocycles. The van der Waals surface area contributed by atoms with Crippen LogP contribution in [-0.4, -0.2) is 28.4 Å². The number of halogens is 1. The molecule has 1 unspecified atom stereocenters. The maximum absolute atomic E-state index is 12.1. The van der Waals surface area contributed by atoms with Gasteiger partial charge in [-0.15, -0.1) is 11.8 Å². The van der Waals surface area contributed by atoms with Gasteiger partial charge in [-0.2, -0.15) is 11.8 Å². The molecule has 1 aliphatic heterocycles. The van der Waals surface area contributed by atoms with Gasteiger partial charge in [-0.3, -0.25) is 4.79 Å². The van der Waals surface area contributed by atoms with Gasteiger partial charge in [0.1, 0.15) is 0 Å². The van der Waals surface area contributed by atoms with Gasteiger partial charge in [-0.05, 0) is 24.6 Å². The molecule has 1 atom stereocenters. The van der Waals surface area contributed by atoms with Crippen molar-refractivity contribution in [1.82, 2.24) is 0 Å². The SMILES string of the molecule is Cc1cc(Br)cc(NC(=O)C2CSCCS2)c1N. The summed E-state index contributed by atoms with van der Waals surface area (Å²) in [6, 6.07) is 3.79. The van der Waals surface area contributed by atoms with E-state index < -0.39 is 0 Å². The number of rotatable bonds is 2. The number of carbonyl (C=O) groups is 1. The Hall–Kier alpha value is -0.330. The van der Waals surface area contributed by atoms with Crippen LogP contribution in [0.5, 0.6) is 0 Å². The Balaban J connectivity index is 2.11. The first-order chi connectivity index (χ1) is 8.58. The summed E-state index contributed by atoms with van der Waals surface area (Å²) in [7, 11) is 0. The topological polar surface area (TPSA) is 55.1 Å². The first kappa shape index (κ1) is 14.1. The molecule has 1 aromatic rings. The summed E-state index contributed by atoms with van der Waals surface area (Å²) in [5.41, 5.74) is 8.28. The number of hydrogen-bond acceptors (Lipinski definition) is 4. The van der Waals surface area contributed by atoms with Gasteiger partial charge in [0.15, 0.2) is 0 Å². The predicted octanol–water partition coefficient (Wildman–Crippen LogP) is 3.13. The fourth-order valence-electron chi connectivity index (χ4n) is 1.71. The van der Waals surface area contributed by atoms with Crippen molar-refractivity contribution in [2.45, 2.75) is 12.2 Å². The molecule has 1 amide bonds. The van der Waals surface area contributed by atoms with E-state index in [4.69, 9.17) is 5.73 Å².